The largest absolute Gasteiger partial charge is 0.385 e. The number of hydrogen-bond donors (Lipinski definition) is 1. The van der Waals surface area contributed by atoms with Gasteiger partial charge in [0.1, 0.15) is 0 Å². The molecule has 0 aromatic heterocycles. The maximum absolute atomic E-state index is 5.20. The van der Waals surface area contributed by atoms with Crippen molar-refractivity contribution in [2.75, 3.05) is 20.3 Å². The second-order valence-corrected chi connectivity index (χ2v) is 5.55. The number of ether oxygens (including phenoxy) is 1. The molecule has 2 unspecified atom stereocenters. The van der Waals surface area contributed by atoms with Crippen molar-refractivity contribution in [1.82, 2.24) is 5.32 Å². The molecule has 0 aliphatic carbocycles. The van der Waals surface area contributed by atoms with E-state index in [1.807, 2.05) is 0 Å². The molecule has 2 nitrogen and oxygen atoms in total. The molecular weight excluding hydrogens is 234 g/mol. The third-order valence-electron chi connectivity index (χ3n) is 3.96. The van der Waals surface area contributed by atoms with E-state index in [2.05, 4.69) is 51.2 Å². The van der Waals surface area contributed by atoms with E-state index >= 15 is 0 Å². The molecule has 0 saturated carbocycles. The Morgan fingerprint density at radius 2 is 1.95 bits per heavy atom. The van der Waals surface area contributed by atoms with Gasteiger partial charge in [-0.3, -0.25) is 0 Å². The number of rotatable bonds is 8. The number of benzene rings is 1. The standard InChI is InChI=1S/C17H29NO/c1-6-18-17(14(3)9-10-19-5)12-16-8-7-13(2)15(4)11-16/h7-8,11,14,17-18H,6,9-10,12H2,1-5H3. The van der Waals surface area contributed by atoms with Crippen molar-refractivity contribution < 1.29 is 4.74 Å². The lowest BCUT2D eigenvalue weighted by atomic mass is 9.91. The fourth-order valence-corrected chi connectivity index (χ4v) is 2.43. The van der Waals surface area contributed by atoms with E-state index in [9.17, 15) is 0 Å². The van der Waals surface area contributed by atoms with Crippen molar-refractivity contribution in [2.24, 2.45) is 5.92 Å². The first-order chi connectivity index (χ1) is 9.08. The lowest BCUT2D eigenvalue weighted by molar-refractivity contribution is 0.170. The summed E-state index contributed by atoms with van der Waals surface area (Å²) < 4.78 is 5.20. The van der Waals surface area contributed by atoms with E-state index in [4.69, 9.17) is 4.74 Å². The quantitative estimate of drug-likeness (QED) is 0.775. The summed E-state index contributed by atoms with van der Waals surface area (Å²) in [5.74, 6) is 0.626. The SMILES string of the molecule is CCNC(Cc1ccc(C)c(C)c1)C(C)CCOC. The maximum Gasteiger partial charge on any atom is 0.0465 e. The van der Waals surface area contributed by atoms with Gasteiger partial charge in [-0.25, -0.2) is 0 Å². The number of methoxy groups -OCH3 is 1. The molecule has 0 heterocycles. The molecule has 0 saturated heterocycles. The molecule has 0 spiro atoms. The van der Waals surface area contributed by atoms with Crippen LogP contribution >= 0.6 is 0 Å². The number of nitrogens with one attached hydrogen (secondary N) is 1. The topological polar surface area (TPSA) is 21.3 Å². The maximum atomic E-state index is 5.20. The van der Waals surface area contributed by atoms with Crippen LogP contribution < -0.4 is 5.32 Å². The summed E-state index contributed by atoms with van der Waals surface area (Å²) in [4.78, 5) is 0. The normalized spacial score (nSPS) is 14.4. The first-order valence-corrected chi connectivity index (χ1v) is 7.37. The van der Waals surface area contributed by atoms with Crippen LogP contribution in [0.3, 0.4) is 0 Å². The van der Waals surface area contributed by atoms with E-state index in [-0.39, 0.29) is 0 Å². The minimum atomic E-state index is 0.530. The summed E-state index contributed by atoms with van der Waals surface area (Å²) in [5.41, 5.74) is 4.19. The van der Waals surface area contributed by atoms with Gasteiger partial charge in [0, 0.05) is 19.8 Å². The number of aryl methyl sites for hydroxylation is 2. The van der Waals surface area contributed by atoms with Crippen LogP contribution in [0.4, 0.5) is 0 Å². The Kier molecular flexibility index (Phi) is 7.11. The van der Waals surface area contributed by atoms with Gasteiger partial charge in [0.2, 0.25) is 0 Å². The lowest BCUT2D eigenvalue weighted by Crippen LogP contribution is -2.37. The molecule has 19 heavy (non-hydrogen) atoms. The van der Waals surface area contributed by atoms with E-state index < -0.39 is 0 Å². The second-order valence-electron chi connectivity index (χ2n) is 5.55. The average Bonchev–Trinajstić information content (AvgIpc) is 2.39. The smallest absolute Gasteiger partial charge is 0.0465 e. The molecular formula is C17H29NO. The van der Waals surface area contributed by atoms with Gasteiger partial charge < -0.3 is 10.1 Å². The van der Waals surface area contributed by atoms with Crippen LogP contribution in [-0.4, -0.2) is 26.3 Å². The molecule has 0 aliphatic rings. The highest BCUT2D eigenvalue weighted by Gasteiger charge is 2.16. The summed E-state index contributed by atoms with van der Waals surface area (Å²) >= 11 is 0. The van der Waals surface area contributed by atoms with E-state index in [1.54, 1.807) is 7.11 Å². The molecule has 1 rings (SSSR count). The van der Waals surface area contributed by atoms with Crippen molar-refractivity contribution in [2.45, 2.75) is 46.6 Å². The Hall–Kier alpha value is -0.860. The summed E-state index contributed by atoms with van der Waals surface area (Å²) in [5, 5.41) is 3.62. The Labute approximate surface area is 118 Å². The van der Waals surface area contributed by atoms with Gasteiger partial charge in [0.25, 0.3) is 0 Å². The number of likely N-dealkylation sites (N-methyl/N-ethyl adjacent to an activating group) is 1. The zero-order valence-corrected chi connectivity index (χ0v) is 13.1. The van der Waals surface area contributed by atoms with Gasteiger partial charge in [-0.1, -0.05) is 32.0 Å². The minimum absolute atomic E-state index is 0.530. The van der Waals surface area contributed by atoms with Gasteiger partial charge in [-0.05, 0) is 55.8 Å². The molecule has 2 heteroatoms. The third-order valence-corrected chi connectivity index (χ3v) is 3.96. The van der Waals surface area contributed by atoms with Crippen LogP contribution in [0.1, 0.15) is 37.0 Å². The van der Waals surface area contributed by atoms with Gasteiger partial charge in [0.05, 0.1) is 0 Å². The Balaban J connectivity index is 2.68. The summed E-state index contributed by atoms with van der Waals surface area (Å²) in [6.45, 7) is 10.7. The van der Waals surface area contributed by atoms with Gasteiger partial charge in [-0.15, -0.1) is 0 Å². The molecule has 0 fully saturated rings. The van der Waals surface area contributed by atoms with Crippen LogP contribution in [0.2, 0.25) is 0 Å². The monoisotopic (exact) mass is 263 g/mol. The van der Waals surface area contributed by atoms with Crippen LogP contribution in [0, 0.1) is 19.8 Å². The average molecular weight is 263 g/mol. The van der Waals surface area contributed by atoms with Gasteiger partial charge >= 0.3 is 0 Å². The van der Waals surface area contributed by atoms with Gasteiger partial charge in [0.15, 0.2) is 0 Å². The Morgan fingerprint density at radius 1 is 1.21 bits per heavy atom. The van der Waals surface area contributed by atoms with Crippen molar-refractivity contribution in [3.63, 3.8) is 0 Å². The van der Waals surface area contributed by atoms with E-state index in [1.165, 1.54) is 16.7 Å². The van der Waals surface area contributed by atoms with E-state index in [0.717, 1.165) is 26.0 Å². The molecule has 0 radical (unpaired) electrons. The van der Waals surface area contributed by atoms with Crippen LogP contribution in [0.25, 0.3) is 0 Å². The van der Waals surface area contributed by atoms with Crippen LogP contribution in [-0.2, 0) is 11.2 Å². The third kappa shape index (κ3) is 5.33. The van der Waals surface area contributed by atoms with Crippen LogP contribution in [0.5, 0.6) is 0 Å². The lowest BCUT2D eigenvalue weighted by Gasteiger charge is -2.25. The second kappa shape index (κ2) is 8.34. The molecule has 2 atom stereocenters. The molecule has 1 N–H and O–H groups in total. The zero-order chi connectivity index (χ0) is 14.3. The van der Waals surface area contributed by atoms with Crippen LogP contribution in [0.15, 0.2) is 18.2 Å². The molecule has 1 aromatic carbocycles. The highest BCUT2D eigenvalue weighted by atomic mass is 16.5. The van der Waals surface area contributed by atoms with Crippen molar-refractivity contribution in [3.8, 4) is 0 Å². The molecule has 108 valence electrons. The summed E-state index contributed by atoms with van der Waals surface area (Å²) in [6.07, 6.45) is 2.21. The Bertz CT molecular complexity index is 376. The molecule has 0 bridgehead atoms. The summed E-state index contributed by atoms with van der Waals surface area (Å²) in [6, 6.07) is 7.34. The predicted octanol–water partition coefficient (Wildman–Crippen LogP) is 3.50. The predicted molar refractivity (Wildman–Crippen MR) is 82.7 cm³/mol. The zero-order valence-electron chi connectivity index (χ0n) is 13.1. The van der Waals surface area contributed by atoms with Crippen molar-refractivity contribution >= 4 is 0 Å². The summed E-state index contributed by atoms with van der Waals surface area (Å²) in [7, 11) is 1.78. The first-order valence-electron chi connectivity index (χ1n) is 7.37. The molecule has 1 aromatic rings. The minimum Gasteiger partial charge on any atom is -0.385 e. The fourth-order valence-electron chi connectivity index (χ4n) is 2.43. The van der Waals surface area contributed by atoms with Crippen molar-refractivity contribution in [1.29, 1.82) is 0 Å². The van der Waals surface area contributed by atoms with E-state index in [0.29, 0.717) is 12.0 Å². The highest BCUT2D eigenvalue weighted by Crippen LogP contribution is 2.16. The Morgan fingerprint density at radius 3 is 2.53 bits per heavy atom. The highest BCUT2D eigenvalue weighted by molar-refractivity contribution is 5.30. The molecule has 0 amide bonds. The number of hydrogen-bond acceptors (Lipinski definition) is 2. The van der Waals surface area contributed by atoms with Crippen molar-refractivity contribution in [3.05, 3.63) is 34.9 Å². The molecule has 0 aliphatic heterocycles. The van der Waals surface area contributed by atoms with Gasteiger partial charge in [-0.2, -0.15) is 0 Å². The first kappa shape index (κ1) is 16.2. The fraction of sp³-hybridized carbons (Fsp3) is 0.647.